The Labute approximate surface area is 161 Å². The molecule has 0 aromatic heterocycles. The number of hydrogen-bond donors (Lipinski definition) is 2. The molecule has 9 heteroatoms. The second-order valence-corrected chi connectivity index (χ2v) is 5.93. The number of rotatable bonds is 8. The number of amides is 3. The monoisotopic (exact) mass is 393 g/mol. The first-order valence-electron chi connectivity index (χ1n) is 8.35. The fraction of sp³-hybridized carbons (Fsp3) is 0.263. The topological polar surface area (TPSA) is 79.9 Å². The highest BCUT2D eigenvalue weighted by Gasteiger charge is 2.07. The van der Waals surface area contributed by atoms with Crippen molar-refractivity contribution in [1.29, 1.82) is 0 Å². The molecule has 0 aliphatic rings. The minimum atomic E-state index is -2.87. The van der Waals surface area contributed by atoms with Gasteiger partial charge in [0.2, 0.25) is 0 Å². The van der Waals surface area contributed by atoms with Gasteiger partial charge in [0, 0.05) is 26.3 Å². The van der Waals surface area contributed by atoms with Gasteiger partial charge in [0.25, 0.3) is 5.91 Å². The highest BCUT2D eigenvalue weighted by Crippen LogP contribution is 2.16. The molecule has 150 valence electrons. The third-order valence-corrected chi connectivity index (χ3v) is 3.57. The van der Waals surface area contributed by atoms with Gasteiger partial charge in [-0.2, -0.15) is 8.78 Å². The Kier molecular flexibility index (Phi) is 7.55. The number of halogens is 2. The minimum Gasteiger partial charge on any atom is -0.484 e. The van der Waals surface area contributed by atoms with Crippen LogP contribution in [0.5, 0.6) is 11.5 Å². The SMILES string of the molecule is CN(C)C(=O)COc1ccc(NC(=O)NCc2ccc(OC(F)F)cc2)cc1. The average molecular weight is 393 g/mol. The lowest BCUT2D eigenvalue weighted by molar-refractivity contribution is -0.130. The number of likely N-dealkylation sites (N-methyl/N-ethyl adjacent to an activating group) is 1. The fourth-order valence-corrected chi connectivity index (χ4v) is 2.06. The zero-order valence-electron chi connectivity index (χ0n) is 15.4. The van der Waals surface area contributed by atoms with E-state index in [0.29, 0.717) is 11.4 Å². The van der Waals surface area contributed by atoms with Gasteiger partial charge in [0.05, 0.1) is 0 Å². The van der Waals surface area contributed by atoms with Crippen molar-refractivity contribution >= 4 is 17.6 Å². The number of anilines is 1. The number of carbonyl (C=O) groups excluding carboxylic acids is 2. The van der Waals surface area contributed by atoms with E-state index in [1.807, 2.05) is 0 Å². The fourth-order valence-electron chi connectivity index (χ4n) is 2.06. The third kappa shape index (κ3) is 7.10. The number of hydrogen-bond acceptors (Lipinski definition) is 4. The van der Waals surface area contributed by atoms with Crippen LogP contribution in [-0.2, 0) is 11.3 Å². The van der Waals surface area contributed by atoms with Crippen LogP contribution in [0, 0.1) is 0 Å². The van der Waals surface area contributed by atoms with Crippen LogP contribution in [0.2, 0.25) is 0 Å². The zero-order valence-corrected chi connectivity index (χ0v) is 15.4. The molecule has 0 atom stereocenters. The van der Waals surface area contributed by atoms with Crippen LogP contribution in [0.25, 0.3) is 0 Å². The van der Waals surface area contributed by atoms with E-state index in [0.717, 1.165) is 5.56 Å². The standard InChI is InChI=1S/C19H21F2N3O4/c1-24(2)17(25)12-27-15-9-5-14(6-10-15)23-19(26)22-11-13-3-7-16(8-4-13)28-18(20)21/h3-10,18H,11-12H2,1-2H3,(H2,22,23,26). The Morgan fingerprint density at radius 3 is 2.18 bits per heavy atom. The molecule has 28 heavy (non-hydrogen) atoms. The number of nitrogens with one attached hydrogen (secondary N) is 2. The smallest absolute Gasteiger partial charge is 0.387 e. The van der Waals surface area contributed by atoms with Crippen LogP contribution in [0.3, 0.4) is 0 Å². The molecule has 0 saturated carbocycles. The van der Waals surface area contributed by atoms with Crippen molar-refractivity contribution in [1.82, 2.24) is 10.2 Å². The molecule has 0 bridgehead atoms. The molecule has 2 aromatic carbocycles. The number of carbonyl (C=O) groups is 2. The summed E-state index contributed by atoms with van der Waals surface area (Å²) in [7, 11) is 3.28. The summed E-state index contributed by atoms with van der Waals surface area (Å²) in [6, 6.07) is 12.1. The summed E-state index contributed by atoms with van der Waals surface area (Å²) in [5, 5.41) is 5.31. The van der Waals surface area contributed by atoms with E-state index in [1.54, 1.807) is 50.5 Å². The Morgan fingerprint density at radius 2 is 1.61 bits per heavy atom. The number of benzene rings is 2. The molecule has 2 N–H and O–H groups in total. The summed E-state index contributed by atoms with van der Waals surface area (Å²) in [5.41, 5.74) is 1.27. The van der Waals surface area contributed by atoms with Crippen LogP contribution < -0.4 is 20.1 Å². The number of ether oxygens (including phenoxy) is 2. The molecular weight excluding hydrogens is 372 g/mol. The Bertz CT molecular complexity index is 781. The van der Waals surface area contributed by atoms with Crippen molar-refractivity contribution in [2.24, 2.45) is 0 Å². The molecular formula is C19H21F2N3O4. The van der Waals surface area contributed by atoms with Gasteiger partial charge < -0.3 is 25.0 Å². The largest absolute Gasteiger partial charge is 0.484 e. The molecule has 0 saturated heterocycles. The summed E-state index contributed by atoms with van der Waals surface area (Å²) in [6.07, 6.45) is 0. The van der Waals surface area contributed by atoms with Crippen molar-refractivity contribution in [3.63, 3.8) is 0 Å². The summed E-state index contributed by atoms with van der Waals surface area (Å²) < 4.78 is 33.8. The maximum absolute atomic E-state index is 12.1. The highest BCUT2D eigenvalue weighted by molar-refractivity contribution is 5.89. The summed E-state index contributed by atoms with van der Waals surface area (Å²) >= 11 is 0. The molecule has 0 aliphatic carbocycles. The Morgan fingerprint density at radius 1 is 1.00 bits per heavy atom. The number of urea groups is 1. The van der Waals surface area contributed by atoms with Gasteiger partial charge in [-0.25, -0.2) is 4.79 Å². The van der Waals surface area contributed by atoms with Gasteiger partial charge in [-0.05, 0) is 42.0 Å². The number of alkyl halides is 2. The van der Waals surface area contributed by atoms with Gasteiger partial charge in [0.15, 0.2) is 6.61 Å². The molecule has 0 radical (unpaired) electrons. The molecule has 0 aliphatic heterocycles. The van der Waals surface area contributed by atoms with Gasteiger partial charge in [-0.1, -0.05) is 12.1 Å². The van der Waals surface area contributed by atoms with E-state index in [-0.39, 0.29) is 24.8 Å². The first-order valence-corrected chi connectivity index (χ1v) is 8.35. The van der Waals surface area contributed by atoms with Crippen molar-refractivity contribution < 1.29 is 27.8 Å². The lowest BCUT2D eigenvalue weighted by atomic mass is 10.2. The van der Waals surface area contributed by atoms with E-state index in [4.69, 9.17) is 4.74 Å². The molecule has 0 spiro atoms. The van der Waals surface area contributed by atoms with E-state index < -0.39 is 12.6 Å². The van der Waals surface area contributed by atoms with Gasteiger partial charge >= 0.3 is 12.6 Å². The first kappa shape index (κ1) is 20.9. The van der Waals surface area contributed by atoms with E-state index in [2.05, 4.69) is 15.4 Å². The third-order valence-electron chi connectivity index (χ3n) is 3.57. The van der Waals surface area contributed by atoms with Crippen LogP contribution in [-0.4, -0.2) is 44.2 Å². The molecule has 2 aromatic rings. The molecule has 3 amide bonds. The zero-order chi connectivity index (χ0) is 20.5. The van der Waals surface area contributed by atoms with Crippen LogP contribution in [0.4, 0.5) is 19.3 Å². The van der Waals surface area contributed by atoms with Crippen LogP contribution in [0.1, 0.15) is 5.56 Å². The Balaban J connectivity index is 1.77. The van der Waals surface area contributed by atoms with Gasteiger partial charge in [-0.3, -0.25) is 4.79 Å². The first-order chi connectivity index (χ1) is 13.3. The molecule has 2 rings (SSSR count). The Hall–Kier alpha value is -3.36. The molecule has 0 unspecified atom stereocenters. The quantitative estimate of drug-likeness (QED) is 0.722. The minimum absolute atomic E-state index is 0.0535. The van der Waals surface area contributed by atoms with Crippen LogP contribution >= 0.6 is 0 Å². The average Bonchev–Trinajstić information content (AvgIpc) is 2.66. The van der Waals surface area contributed by atoms with Crippen molar-refractivity contribution in [3.05, 3.63) is 54.1 Å². The highest BCUT2D eigenvalue weighted by atomic mass is 19.3. The van der Waals surface area contributed by atoms with Crippen molar-refractivity contribution in [3.8, 4) is 11.5 Å². The lowest BCUT2D eigenvalue weighted by Gasteiger charge is -2.12. The predicted octanol–water partition coefficient (Wildman–Crippen LogP) is 3.08. The second kappa shape index (κ2) is 10.1. The molecule has 0 fully saturated rings. The summed E-state index contributed by atoms with van der Waals surface area (Å²) in [6.45, 7) is -2.73. The molecule has 7 nitrogen and oxygen atoms in total. The number of nitrogens with zero attached hydrogens (tertiary/aromatic N) is 1. The van der Waals surface area contributed by atoms with Gasteiger partial charge in [0.1, 0.15) is 11.5 Å². The van der Waals surface area contributed by atoms with E-state index in [9.17, 15) is 18.4 Å². The predicted molar refractivity (Wildman–Crippen MR) is 99.6 cm³/mol. The van der Waals surface area contributed by atoms with Gasteiger partial charge in [-0.15, -0.1) is 0 Å². The lowest BCUT2D eigenvalue weighted by Crippen LogP contribution is -2.28. The summed E-state index contributed by atoms with van der Waals surface area (Å²) in [4.78, 5) is 24.9. The van der Waals surface area contributed by atoms with E-state index >= 15 is 0 Å². The second-order valence-electron chi connectivity index (χ2n) is 5.93. The van der Waals surface area contributed by atoms with Crippen molar-refractivity contribution in [2.75, 3.05) is 26.0 Å². The van der Waals surface area contributed by atoms with Crippen LogP contribution in [0.15, 0.2) is 48.5 Å². The normalized spacial score (nSPS) is 10.3. The van der Waals surface area contributed by atoms with Crippen molar-refractivity contribution in [2.45, 2.75) is 13.2 Å². The summed E-state index contributed by atoms with van der Waals surface area (Å²) in [5.74, 6) is 0.403. The maximum Gasteiger partial charge on any atom is 0.387 e. The van der Waals surface area contributed by atoms with E-state index in [1.165, 1.54) is 17.0 Å². The maximum atomic E-state index is 12.1. The molecule has 0 heterocycles.